The van der Waals surface area contributed by atoms with Gasteiger partial charge in [-0.05, 0) is 18.2 Å². The number of carbonyl (C=O) groups excluding carboxylic acids is 1. The fourth-order valence-electron chi connectivity index (χ4n) is 1.42. The van der Waals surface area contributed by atoms with Gasteiger partial charge in [0.2, 0.25) is 15.9 Å². The largest absolute Gasteiger partial charge is 0.396 e. The molecule has 0 aromatic heterocycles. The number of likely N-dealkylation sites (N-methyl/N-ethyl adjacent to an activating group) is 2. The van der Waals surface area contributed by atoms with Gasteiger partial charge in [0.25, 0.3) is 0 Å². The summed E-state index contributed by atoms with van der Waals surface area (Å²) < 4.78 is 38.7. The summed E-state index contributed by atoms with van der Waals surface area (Å²) in [5.41, 5.74) is 5.16. The first-order chi connectivity index (χ1) is 8.82. The molecular formula is C11H16FN3O3S. The average Bonchev–Trinajstić information content (AvgIpc) is 2.38. The highest BCUT2D eigenvalue weighted by Gasteiger charge is 2.25. The fraction of sp³-hybridized carbons (Fsp3) is 0.364. The SMILES string of the molecule is CCN(CC(=O)NC)S(=O)(=O)c1ccc(N)c(F)c1. The van der Waals surface area contributed by atoms with Gasteiger partial charge >= 0.3 is 0 Å². The maximum absolute atomic E-state index is 13.3. The number of rotatable bonds is 5. The van der Waals surface area contributed by atoms with Crippen molar-refractivity contribution in [3.05, 3.63) is 24.0 Å². The highest BCUT2D eigenvalue weighted by atomic mass is 32.2. The van der Waals surface area contributed by atoms with E-state index < -0.39 is 21.7 Å². The Balaban J connectivity index is 3.13. The minimum absolute atomic E-state index is 0.0990. The van der Waals surface area contributed by atoms with Crippen molar-refractivity contribution in [1.29, 1.82) is 0 Å². The summed E-state index contributed by atoms with van der Waals surface area (Å²) >= 11 is 0. The lowest BCUT2D eigenvalue weighted by Gasteiger charge is -2.19. The quantitative estimate of drug-likeness (QED) is 0.755. The van der Waals surface area contributed by atoms with E-state index in [0.29, 0.717) is 0 Å². The highest BCUT2D eigenvalue weighted by molar-refractivity contribution is 7.89. The molecule has 19 heavy (non-hydrogen) atoms. The lowest BCUT2D eigenvalue weighted by Crippen LogP contribution is -2.39. The van der Waals surface area contributed by atoms with E-state index in [-0.39, 0.29) is 23.7 Å². The van der Waals surface area contributed by atoms with Crippen LogP contribution in [0.1, 0.15) is 6.92 Å². The van der Waals surface area contributed by atoms with Crippen molar-refractivity contribution in [3.63, 3.8) is 0 Å². The van der Waals surface area contributed by atoms with Crippen molar-refractivity contribution >= 4 is 21.6 Å². The molecule has 0 aliphatic rings. The third-order valence-electron chi connectivity index (χ3n) is 2.56. The third-order valence-corrected chi connectivity index (χ3v) is 4.48. The van der Waals surface area contributed by atoms with E-state index in [2.05, 4.69) is 5.32 Å². The molecular weight excluding hydrogens is 273 g/mol. The standard InChI is InChI=1S/C11H16FN3O3S/c1-3-15(7-11(16)14-2)19(17,18)8-4-5-10(13)9(12)6-8/h4-6H,3,7,13H2,1-2H3,(H,14,16). The number of nitrogens with one attached hydrogen (secondary N) is 1. The molecule has 0 fully saturated rings. The van der Waals surface area contributed by atoms with Crippen LogP contribution in [0.2, 0.25) is 0 Å². The van der Waals surface area contributed by atoms with Crippen LogP contribution < -0.4 is 11.1 Å². The number of nitrogens with two attached hydrogens (primary N) is 1. The zero-order valence-electron chi connectivity index (χ0n) is 10.7. The van der Waals surface area contributed by atoms with Crippen molar-refractivity contribution < 1.29 is 17.6 Å². The summed E-state index contributed by atoms with van der Waals surface area (Å²) in [6.45, 7) is 1.37. The number of nitrogen functional groups attached to an aromatic ring is 1. The molecule has 0 atom stereocenters. The molecule has 0 spiro atoms. The van der Waals surface area contributed by atoms with Crippen LogP contribution in [0.25, 0.3) is 0 Å². The van der Waals surface area contributed by atoms with Crippen LogP contribution in [0.15, 0.2) is 23.1 Å². The normalized spacial score (nSPS) is 11.6. The number of sulfonamides is 1. The molecule has 0 bridgehead atoms. The summed E-state index contributed by atoms with van der Waals surface area (Å²) in [4.78, 5) is 11.0. The number of amides is 1. The Bertz CT molecular complexity index is 575. The Hall–Kier alpha value is -1.67. The molecule has 0 saturated carbocycles. The van der Waals surface area contributed by atoms with Crippen molar-refractivity contribution in [2.75, 3.05) is 25.9 Å². The maximum Gasteiger partial charge on any atom is 0.243 e. The summed E-state index contributed by atoms with van der Waals surface area (Å²) in [5.74, 6) is -1.25. The van der Waals surface area contributed by atoms with E-state index in [1.807, 2.05) is 0 Å². The molecule has 0 aliphatic heterocycles. The van der Waals surface area contributed by atoms with Crippen LogP contribution in [-0.4, -0.2) is 38.8 Å². The molecule has 1 amide bonds. The monoisotopic (exact) mass is 289 g/mol. The maximum atomic E-state index is 13.3. The van der Waals surface area contributed by atoms with Crippen LogP contribution in [0.5, 0.6) is 0 Å². The van der Waals surface area contributed by atoms with Gasteiger partial charge in [-0.25, -0.2) is 12.8 Å². The minimum atomic E-state index is -3.92. The van der Waals surface area contributed by atoms with Gasteiger partial charge < -0.3 is 11.1 Å². The number of carbonyl (C=O) groups is 1. The third kappa shape index (κ3) is 3.42. The highest BCUT2D eigenvalue weighted by Crippen LogP contribution is 2.19. The number of nitrogens with zero attached hydrogens (tertiary/aromatic N) is 1. The van der Waals surface area contributed by atoms with Gasteiger partial charge in [0.15, 0.2) is 0 Å². The Morgan fingerprint density at radius 2 is 2.11 bits per heavy atom. The summed E-state index contributed by atoms with van der Waals surface area (Å²) in [5, 5.41) is 2.33. The van der Waals surface area contributed by atoms with E-state index in [4.69, 9.17) is 5.73 Å². The van der Waals surface area contributed by atoms with Crippen LogP contribution in [0.4, 0.5) is 10.1 Å². The smallest absolute Gasteiger partial charge is 0.243 e. The van der Waals surface area contributed by atoms with Gasteiger partial charge in [-0.1, -0.05) is 6.92 Å². The van der Waals surface area contributed by atoms with Crippen molar-refractivity contribution in [3.8, 4) is 0 Å². The molecule has 0 aliphatic carbocycles. The van der Waals surface area contributed by atoms with E-state index in [9.17, 15) is 17.6 Å². The molecule has 0 saturated heterocycles. The zero-order valence-corrected chi connectivity index (χ0v) is 11.5. The van der Waals surface area contributed by atoms with Crippen molar-refractivity contribution in [2.45, 2.75) is 11.8 Å². The fourth-order valence-corrected chi connectivity index (χ4v) is 2.84. The van der Waals surface area contributed by atoms with Gasteiger partial charge in [0.05, 0.1) is 17.1 Å². The molecule has 1 aromatic rings. The number of anilines is 1. The summed E-state index contributed by atoms with van der Waals surface area (Å²) in [6, 6.07) is 3.23. The Labute approximate surface area is 111 Å². The molecule has 1 rings (SSSR count). The van der Waals surface area contributed by atoms with Gasteiger partial charge in [-0.3, -0.25) is 4.79 Å². The molecule has 106 valence electrons. The molecule has 6 nitrogen and oxygen atoms in total. The minimum Gasteiger partial charge on any atom is -0.396 e. The number of halogens is 1. The Morgan fingerprint density at radius 1 is 1.47 bits per heavy atom. The van der Waals surface area contributed by atoms with Crippen LogP contribution >= 0.6 is 0 Å². The zero-order chi connectivity index (χ0) is 14.6. The summed E-state index contributed by atoms with van der Waals surface area (Å²) in [6.07, 6.45) is 0. The van der Waals surface area contributed by atoms with E-state index >= 15 is 0 Å². The molecule has 3 N–H and O–H groups in total. The Kier molecular flexibility index (Phi) is 4.84. The van der Waals surface area contributed by atoms with Crippen LogP contribution in [0.3, 0.4) is 0 Å². The number of hydrogen-bond acceptors (Lipinski definition) is 4. The van der Waals surface area contributed by atoms with Gasteiger partial charge in [0, 0.05) is 13.6 Å². The first-order valence-electron chi connectivity index (χ1n) is 5.58. The van der Waals surface area contributed by atoms with Gasteiger partial charge in [-0.15, -0.1) is 0 Å². The molecule has 1 aromatic carbocycles. The molecule has 0 radical (unpaired) electrons. The topological polar surface area (TPSA) is 92.5 Å². The number of hydrogen-bond donors (Lipinski definition) is 2. The first-order valence-corrected chi connectivity index (χ1v) is 7.02. The second kappa shape index (κ2) is 5.98. The molecule has 0 unspecified atom stereocenters. The van der Waals surface area contributed by atoms with Crippen molar-refractivity contribution in [1.82, 2.24) is 9.62 Å². The van der Waals surface area contributed by atoms with E-state index in [1.165, 1.54) is 19.2 Å². The molecule has 0 heterocycles. The van der Waals surface area contributed by atoms with E-state index in [1.54, 1.807) is 6.92 Å². The first kappa shape index (κ1) is 15.4. The van der Waals surface area contributed by atoms with Crippen molar-refractivity contribution in [2.24, 2.45) is 0 Å². The van der Waals surface area contributed by atoms with E-state index in [0.717, 1.165) is 10.4 Å². The number of benzene rings is 1. The summed E-state index contributed by atoms with van der Waals surface area (Å²) in [7, 11) is -2.51. The predicted octanol–water partition coefficient (Wildman–Crippen LogP) is 0.165. The lowest BCUT2D eigenvalue weighted by atomic mass is 10.3. The molecule has 8 heteroatoms. The van der Waals surface area contributed by atoms with Gasteiger partial charge in [-0.2, -0.15) is 4.31 Å². The second-order valence-corrected chi connectivity index (χ2v) is 5.73. The van der Waals surface area contributed by atoms with Gasteiger partial charge in [0.1, 0.15) is 5.82 Å². The average molecular weight is 289 g/mol. The lowest BCUT2D eigenvalue weighted by molar-refractivity contribution is -0.120. The predicted molar refractivity (Wildman–Crippen MR) is 69.3 cm³/mol. The second-order valence-electron chi connectivity index (χ2n) is 3.79. The Morgan fingerprint density at radius 3 is 2.58 bits per heavy atom. The van der Waals surface area contributed by atoms with Crippen LogP contribution in [-0.2, 0) is 14.8 Å². The van der Waals surface area contributed by atoms with Crippen LogP contribution in [0, 0.1) is 5.82 Å².